The summed E-state index contributed by atoms with van der Waals surface area (Å²) in [5.74, 6) is 0. The van der Waals surface area contributed by atoms with E-state index in [9.17, 15) is 10.5 Å². The van der Waals surface area contributed by atoms with Crippen molar-refractivity contribution in [2.75, 3.05) is 11.9 Å². The van der Waals surface area contributed by atoms with E-state index < -0.39 is 0 Å². The maximum atomic E-state index is 9.46. The Bertz CT molecular complexity index is 1080. The van der Waals surface area contributed by atoms with Crippen LogP contribution in [0.4, 0.5) is 11.4 Å². The van der Waals surface area contributed by atoms with Crippen LogP contribution in [0.5, 0.6) is 0 Å². The second-order valence-corrected chi connectivity index (χ2v) is 5.77. The lowest BCUT2D eigenvalue weighted by molar-refractivity contribution is 1.17. The molecule has 112 valence electrons. The van der Waals surface area contributed by atoms with Gasteiger partial charge in [-0.2, -0.15) is 10.5 Å². The molecule has 0 bridgehead atoms. The Morgan fingerprint density at radius 2 is 1.42 bits per heavy atom. The molecule has 3 aromatic rings. The van der Waals surface area contributed by atoms with Gasteiger partial charge in [-0.1, -0.05) is 42.5 Å². The zero-order chi connectivity index (χ0) is 16.7. The molecule has 1 heterocycles. The number of benzene rings is 3. The van der Waals surface area contributed by atoms with Gasteiger partial charge in [0.05, 0.1) is 0 Å². The van der Waals surface area contributed by atoms with Crippen LogP contribution in [0.25, 0.3) is 16.3 Å². The van der Waals surface area contributed by atoms with Crippen LogP contribution < -0.4 is 4.90 Å². The van der Waals surface area contributed by atoms with Crippen molar-refractivity contribution in [1.82, 2.24) is 0 Å². The molecule has 0 radical (unpaired) electrons. The molecule has 0 saturated carbocycles. The van der Waals surface area contributed by atoms with Gasteiger partial charge in [0.15, 0.2) is 0 Å². The second kappa shape index (κ2) is 5.26. The van der Waals surface area contributed by atoms with E-state index in [1.54, 1.807) is 0 Å². The molecule has 0 spiro atoms. The van der Waals surface area contributed by atoms with Crippen LogP contribution in [0.3, 0.4) is 0 Å². The van der Waals surface area contributed by atoms with Gasteiger partial charge in [-0.15, -0.1) is 0 Å². The first-order valence-electron chi connectivity index (χ1n) is 7.65. The number of nitriles is 2. The third-order valence-electron chi connectivity index (χ3n) is 4.50. The third kappa shape index (κ3) is 1.89. The van der Waals surface area contributed by atoms with E-state index in [-0.39, 0.29) is 5.57 Å². The molecule has 0 atom stereocenters. The van der Waals surface area contributed by atoms with E-state index in [1.807, 2.05) is 49.5 Å². The van der Waals surface area contributed by atoms with Crippen molar-refractivity contribution < 1.29 is 0 Å². The van der Waals surface area contributed by atoms with Gasteiger partial charge in [0.1, 0.15) is 17.7 Å². The fourth-order valence-corrected chi connectivity index (χ4v) is 3.36. The molecule has 24 heavy (non-hydrogen) atoms. The zero-order valence-corrected chi connectivity index (χ0v) is 13.1. The van der Waals surface area contributed by atoms with Crippen molar-refractivity contribution in [3.63, 3.8) is 0 Å². The van der Waals surface area contributed by atoms with Gasteiger partial charge in [0, 0.05) is 35.1 Å². The minimum Gasteiger partial charge on any atom is -0.344 e. The van der Waals surface area contributed by atoms with Crippen LogP contribution >= 0.6 is 0 Å². The summed E-state index contributed by atoms with van der Waals surface area (Å²) in [5.41, 5.74) is 4.71. The summed E-state index contributed by atoms with van der Waals surface area (Å²) in [4.78, 5) is 2.12. The summed E-state index contributed by atoms with van der Waals surface area (Å²) in [6, 6.07) is 24.3. The number of para-hydroxylation sites is 1. The molecule has 3 heteroatoms. The Labute approximate surface area is 140 Å². The number of hydrogen-bond donors (Lipinski definition) is 0. The van der Waals surface area contributed by atoms with Gasteiger partial charge in [-0.25, -0.2) is 0 Å². The van der Waals surface area contributed by atoms with Gasteiger partial charge in [0.25, 0.3) is 0 Å². The zero-order valence-electron chi connectivity index (χ0n) is 13.1. The standard InChI is InChI=1S/C21H13N3/c1-24-19-9-5-4-8-17(19)21(16(12-22)13-23)18-10-14-6-2-3-7-15(14)11-20(18)24/h2-11H,1H3. The van der Waals surface area contributed by atoms with Gasteiger partial charge in [-0.3, -0.25) is 0 Å². The first kappa shape index (κ1) is 14.1. The third-order valence-corrected chi connectivity index (χ3v) is 4.50. The minimum absolute atomic E-state index is 0.145. The molecular formula is C21H13N3. The number of hydrogen-bond acceptors (Lipinski definition) is 3. The lowest BCUT2D eigenvalue weighted by Gasteiger charge is -2.32. The maximum absolute atomic E-state index is 9.46. The monoisotopic (exact) mass is 307 g/mol. The van der Waals surface area contributed by atoms with Gasteiger partial charge >= 0.3 is 0 Å². The number of fused-ring (bicyclic) bond motifs is 3. The van der Waals surface area contributed by atoms with Crippen LogP contribution in [0, 0.1) is 22.7 Å². The van der Waals surface area contributed by atoms with E-state index >= 15 is 0 Å². The van der Waals surface area contributed by atoms with E-state index in [4.69, 9.17) is 0 Å². The lowest BCUT2D eigenvalue weighted by Crippen LogP contribution is -2.18. The second-order valence-electron chi connectivity index (χ2n) is 5.77. The van der Waals surface area contributed by atoms with Crippen molar-refractivity contribution in [1.29, 1.82) is 10.5 Å². The van der Waals surface area contributed by atoms with Crippen molar-refractivity contribution >= 4 is 27.7 Å². The largest absolute Gasteiger partial charge is 0.344 e. The molecule has 4 rings (SSSR count). The molecule has 0 saturated heterocycles. The van der Waals surface area contributed by atoms with Gasteiger partial charge < -0.3 is 4.90 Å². The normalized spacial score (nSPS) is 12.1. The molecule has 0 aliphatic carbocycles. The van der Waals surface area contributed by atoms with Crippen molar-refractivity contribution in [3.05, 3.63) is 77.4 Å². The smallest absolute Gasteiger partial charge is 0.138 e. The summed E-state index contributed by atoms with van der Waals surface area (Å²) < 4.78 is 0. The molecule has 3 nitrogen and oxygen atoms in total. The van der Waals surface area contributed by atoms with E-state index in [2.05, 4.69) is 35.2 Å². The maximum Gasteiger partial charge on any atom is 0.138 e. The number of rotatable bonds is 0. The fourth-order valence-electron chi connectivity index (χ4n) is 3.36. The number of allylic oxidation sites excluding steroid dienone is 1. The molecule has 0 aromatic heterocycles. The fraction of sp³-hybridized carbons (Fsp3) is 0.0476. The minimum atomic E-state index is 0.145. The summed E-state index contributed by atoms with van der Waals surface area (Å²) in [7, 11) is 2.02. The average Bonchev–Trinajstić information content (AvgIpc) is 2.64. The number of nitrogens with zero attached hydrogens (tertiary/aromatic N) is 3. The predicted octanol–water partition coefficient (Wildman–Crippen LogP) is 4.77. The van der Waals surface area contributed by atoms with Crippen LogP contribution in [0.2, 0.25) is 0 Å². The van der Waals surface area contributed by atoms with Crippen molar-refractivity contribution in [2.45, 2.75) is 0 Å². The molecule has 1 aliphatic heterocycles. The summed E-state index contributed by atoms with van der Waals surface area (Å²) in [6.07, 6.45) is 0. The highest BCUT2D eigenvalue weighted by atomic mass is 15.1. The van der Waals surface area contributed by atoms with Crippen LogP contribution in [0.1, 0.15) is 11.1 Å². The summed E-state index contributed by atoms with van der Waals surface area (Å²) in [6.45, 7) is 0. The first-order chi connectivity index (χ1) is 11.7. The Hall–Kier alpha value is -3.56. The van der Waals surface area contributed by atoms with Gasteiger partial charge in [-0.05, 0) is 29.0 Å². The SMILES string of the molecule is CN1c2ccccc2C(=C(C#N)C#N)c2cc3ccccc3cc21. The highest BCUT2D eigenvalue weighted by Crippen LogP contribution is 2.46. The van der Waals surface area contributed by atoms with Crippen LogP contribution in [-0.2, 0) is 0 Å². The summed E-state index contributed by atoms with van der Waals surface area (Å²) in [5, 5.41) is 21.2. The molecular weight excluding hydrogens is 294 g/mol. The Kier molecular flexibility index (Phi) is 3.08. The van der Waals surface area contributed by atoms with E-state index in [0.29, 0.717) is 0 Å². The highest BCUT2D eigenvalue weighted by molar-refractivity contribution is 6.04. The Balaban J connectivity index is 2.16. The Morgan fingerprint density at radius 1 is 0.792 bits per heavy atom. The lowest BCUT2D eigenvalue weighted by atomic mass is 9.86. The molecule has 0 unspecified atom stereocenters. The molecule has 0 fully saturated rings. The molecule has 3 aromatic carbocycles. The first-order valence-corrected chi connectivity index (χ1v) is 7.65. The van der Waals surface area contributed by atoms with Crippen LogP contribution in [-0.4, -0.2) is 7.05 Å². The van der Waals surface area contributed by atoms with Gasteiger partial charge in [0.2, 0.25) is 0 Å². The van der Waals surface area contributed by atoms with Crippen LogP contribution in [0.15, 0.2) is 66.2 Å². The molecule has 0 amide bonds. The molecule has 1 aliphatic rings. The number of anilines is 2. The van der Waals surface area contributed by atoms with Crippen molar-refractivity contribution in [3.8, 4) is 12.1 Å². The van der Waals surface area contributed by atoms with Crippen molar-refractivity contribution in [2.24, 2.45) is 0 Å². The average molecular weight is 307 g/mol. The quantitative estimate of drug-likeness (QED) is 0.562. The van der Waals surface area contributed by atoms with E-state index in [0.717, 1.165) is 38.8 Å². The van der Waals surface area contributed by atoms with E-state index in [1.165, 1.54) is 0 Å². The molecule has 0 N–H and O–H groups in total. The summed E-state index contributed by atoms with van der Waals surface area (Å²) >= 11 is 0. The Morgan fingerprint density at radius 3 is 2.12 bits per heavy atom. The highest BCUT2D eigenvalue weighted by Gasteiger charge is 2.27. The topological polar surface area (TPSA) is 50.8 Å². The predicted molar refractivity (Wildman–Crippen MR) is 95.7 cm³/mol.